The van der Waals surface area contributed by atoms with Gasteiger partial charge in [-0.2, -0.15) is 0 Å². The molecule has 0 aromatic carbocycles. The second-order valence-electron chi connectivity index (χ2n) is 5.74. The van der Waals surface area contributed by atoms with Crippen molar-refractivity contribution in [2.75, 3.05) is 6.54 Å². The van der Waals surface area contributed by atoms with Crippen molar-refractivity contribution in [3.05, 3.63) is 33.7 Å². The molecular formula is C15H22N2O2. The van der Waals surface area contributed by atoms with Gasteiger partial charge in [-0.25, -0.2) is 0 Å². The molecular weight excluding hydrogens is 240 g/mol. The Hall–Kier alpha value is -1.58. The van der Waals surface area contributed by atoms with E-state index < -0.39 is 0 Å². The van der Waals surface area contributed by atoms with E-state index in [1.807, 2.05) is 0 Å². The first kappa shape index (κ1) is 13.8. The molecule has 0 spiro atoms. The van der Waals surface area contributed by atoms with E-state index in [1.165, 1.54) is 37.9 Å². The number of aromatic nitrogens is 1. The molecule has 1 aromatic heterocycles. The van der Waals surface area contributed by atoms with Crippen LogP contribution in [0.15, 0.2) is 17.1 Å². The largest absolute Gasteiger partial charge is 0.364 e. The minimum absolute atomic E-state index is 0.203. The fourth-order valence-corrected chi connectivity index (χ4v) is 2.83. The van der Waals surface area contributed by atoms with Crippen LogP contribution in [0.4, 0.5) is 0 Å². The summed E-state index contributed by atoms with van der Waals surface area (Å²) in [5.41, 5.74) is 0.753. The van der Waals surface area contributed by atoms with E-state index in [9.17, 15) is 9.59 Å². The third kappa shape index (κ3) is 3.69. The predicted molar refractivity (Wildman–Crippen MR) is 75.3 cm³/mol. The highest BCUT2D eigenvalue weighted by Crippen LogP contribution is 2.27. The maximum Gasteiger partial charge on any atom is 0.256 e. The van der Waals surface area contributed by atoms with Crippen molar-refractivity contribution in [1.29, 1.82) is 0 Å². The first-order valence-electron chi connectivity index (χ1n) is 7.04. The highest BCUT2D eigenvalue weighted by atomic mass is 16.2. The molecule has 1 fully saturated rings. The highest BCUT2D eigenvalue weighted by molar-refractivity contribution is 5.93. The van der Waals surface area contributed by atoms with Crippen LogP contribution >= 0.6 is 0 Å². The second kappa shape index (κ2) is 6.04. The number of pyridine rings is 1. The zero-order chi connectivity index (χ0) is 13.8. The van der Waals surface area contributed by atoms with Gasteiger partial charge < -0.3 is 10.3 Å². The molecule has 1 aromatic rings. The van der Waals surface area contributed by atoms with Gasteiger partial charge in [0.15, 0.2) is 5.43 Å². The Balaban J connectivity index is 1.92. The van der Waals surface area contributed by atoms with Crippen LogP contribution in [0.2, 0.25) is 0 Å². The van der Waals surface area contributed by atoms with Crippen molar-refractivity contribution in [1.82, 2.24) is 10.3 Å². The molecule has 19 heavy (non-hydrogen) atoms. The number of H-pyrrole nitrogens is 1. The van der Waals surface area contributed by atoms with Gasteiger partial charge >= 0.3 is 0 Å². The number of carbonyl (C=O) groups is 1. The number of rotatable bonds is 3. The number of carbonyl (C=O) groups excluding carboxylic acids is 1. The number of amides is 1. The summed E-state index contributed by atoms with van der Waals surface area (Å²) in [5, 5.41) is 2.89. The molecule has 4 heteroatoms. The van der Waals surface area contributed by atoms with Crippen LogP contribution in [0.1, 0.15) is 48.7 Å². The predicted octanol–water partition coefficient (Wildman–Crippen LogP) is 2.24. The van der Waals surface area contributed by atoms with Crippen LogP contribution in [0.25, 0.3) is 0 Å². The molecule has 104 valence electrons. The molecule has 1 aliphatic rings. The molecule has 2 N–H and O–H groups in total. The Labute approximate surface area is 113 Å². The third-order valence-corrected chi connectivity index (χ3v) is 3.90. The van der Waals surface area contributed by atoms with Gasteiger partial charge in [-0.05, 0) is 31.6 Å². The molecule has 4 nitrogen and oxygen atoms in total. The third-order valence-electron chi connectivity index (χ3n) is 3.90. The van der Waals surface area contributed by atoms with Crippen LogP contribution in [0.3, 0.4) is 0 Å². The summed E-state index contributed by atoms with van der Waals surface area (Å²) in [4.78, 5) is 26.6. The van der Waals surface area contributed by atoms with E-state index in [0.717, 1.165) is 11.6 Å². The average molecular weight is 262 g/mol. The Morgan fingerprint density at radius 3 is 2.95 bits per heavy atom. The van der Waals surface area contributed by atoms with Crippen LogP contribution in [-0.2, 0) is 0 Å². The van der Waals surface area contributed by atoms with Gasteiger partial charge in [-0.3, -0.25) is 9.59 Å². The molecule has 1 amide bonds. The normalized spacial score (nSPS) is 23.1. The monoisotopic (exact) mass is 262 g/mol. The first-order chi connectivity index (χ1) is 9.06. The van der Waals surface area contributed by atoms with Crippen molar-refractivity contribution in [2.24, 2.45) is 11.8 Å². The van der Waals surface area contributed by atoms with Gasteiger partial charge in [0.05, 0.1) is 0 Å². The zero-order valence-corrected chi connectivity index (χ0v) is 11.7. The van der Waals surface area contributed by atoms with E-state index in [4.69, 9.17) is 0 Å². The van der Waals surface area contributed by atoms with Crippen LogP contribution in [-0.4, -0.2) is 17.4 Å². The van der Waals surface area contributed by atoms with E-state index in [0.29, 0.717) is 12.5 Å². The van der Waals surface area contributed by atoms with Gasteiger partial charge in [0.1, 0.15) is 5.56 Å². The highest BCUT2D eigenvalue weighted by Gasteiger charge is 2.20. The minimum atomic E-state index is -0.264. The lowest BCUT2D eigenvalue weighted by atomic mass is 9.82. The van der Waals surface area contributed by atoms with Crippen LogP contribution in [0, 0.1) is 18.8 Å². The van der Waals surface area contributed by atoms with Crippen molar-refractivity contribution in [2.45, 2.75) is 39.5 Å². The molecule has 1 heterocycles. The molecule has 1 aliphatic carbocycles. The summed E-state index contributed by atoms with van der Waals surface area (Å²) < 4.78 is 0. The number of aromatic amines is 1. The smallest absolute Gasteiger partial charge is 0.256 e. The average Bonchev–Trinajstić information content (AvgIpc) is 2.36. The Bertz CT molecular complexity index is 507. The molecule has 2 atom stereocenters. The first-order valence-corrected chi connectivity index (χ1v) is 7.04. The summed E-state index contributed by atoms with van der Waals surface area (Å²) in [6.07, 6.45) is 6.38. The summed E-state index contributed by atoms with van der Waals surface area (Å²) in [6, 6.07) is 1.46. The van der Waals surface area contributed by atoms with E-state index in [-0.39, 0.29) is 16.9 Å². The van der Waals surface area contributed by atoms with Gasteiger partial charge in [-0.1, -0.05) is 19.8 Å². The van der Waals surface area contributed by atoms with Crippen molar-refractivity contribution in [3.8, 4) is 0 Å². The van der Waals surface area contributed by atoms with Crippen molar-refractivity contribution in [3.63, 3.8) is 0 Å². The van der Waals surface area contributed by atoms with Crippen molar-refractivity contribution >= 4 is 5.91 Å². The fourth-order valence-electron chi connectivity index (χ4n) is 2.83. The van der Waals surface area contributed by atoms with E-state index in [1.54, 1.807) is 6.92 Å². The number of hydrogen-bond donors (Lipinski definition) is 2. The van der Waals surface area contributed by atoms with Gasteiger partial charge in [-0.15, -0.1) is 0 Å². The Morgan fingerprint density at radius 2 is 2.26 bits per heavy atom. The fraction of sp³-hybridized carbons (Fsp3) is 0.600. The van der Waals surface area contributed by atoms with E-state index in [2.05, 4.69) is 17.2 Å². The van der Waals surface area contributed by atoms with E-state index >= 15 is 0 Å². The maximum atomic E-state index is 12.0. The summed E-state index contributed by atoms with van der Waals surface area (Å²) in [6.45, 7) is 4.74. The molecule has 0 bridgehead atoms. The molecule has 0 radical (unpaired) electrons. The molecule has 0 aliphatic heterocycles. The SMILES string of the molecule is Cc1cc(=O)c(C(=O)NCC2CCCC(C)C2)c[nH]1. The lowest BCUT2D eigenvalue weighted by molar-refractivity contribution is 0.0939. The second-order valence-corrected chi connectivity index (χ2v) is 5.74. The number of hydrogen-bond acceptors (Lipinski definition) is 2. The topological polar surface area (TPSA) is 62.0 Å². The number of nitrogens with one attached hydrogen (secondary N) is 2. The molecule has 2 rings (SSSR count). The van der Waals surface area contributed by atoms with Gasteiger partial charge in [0.2, 0.25) is 0 Å². The Kier molecular flexibility index (Phi) is 4.40. The minimum Gasteiger partial charge on any atom is -0.364 e. The Morgan fingerprint density at radius 1 is 1.47 bits per heavy atom. The summed E-state index contributed by atoms with van der Waals surface area (Å²) in [5.74, 6) is 1.04. The molecule has 1 saturated carbocycles. The lowest BCUT2D eigenvalue weighted by Crippen LogP contribution is -2.34. The van der Waals surface area contributed by atoms with Crippen molar-refractivity contribution < 1.29 is 4.79 Å². The van der Waals surface area contributed by atoms with Crippen LogP contribution in [0.5, 0.6) is 0 Å². The van der Waals surface area contributed by atoms with Crippen LogP contribution < -0.4 is 10.7 Å². The molecule has 2 unspecified atom stereocenters. The zero-order valence-electron chi connectivity index (χ0n) is 11.7. The summed E-state index contributed by atoms with van der Waals surface area (Å²) >= 11 is 0. The van der Waals surface area contributed by atoms with Gasteiger partial charge in [0.25, 0.3) is 5.91 Å². The summed E-state index contributed by atoms with van der Waals surface area (Å²) in [7, 11) is 0. The lowest BCUT2D eigenvalue weighted by Gasteiger charge is -2.26. The molecule has 0 saturated heterocycles. The van der Waals surface area contributed by atoms with Gasteiger partial charge in [0, 0.05) is 24.5 Å². The maximum absolute atomic E-state index is 12.0. The number of aryl methyl sites for hydroxylation is 1. The standard InChI is InChI=1S/C15H22N2O2/c1-10-4-3-5-12(6-10)8-17-15(19)13-9-16-11(2)7-14(13)18/h7,9-10,12H,3-6,8H2,1-2H3,(H,16,18)(H,17,19). The quantitative estimate of drug-likeness (QED) is 0.877.